The van der Waals surface area contributed by atoms with Gasteiger partial charge < -0.3 is 13.9 Å². The first-order chi connectivity index (χ1) is 11.0. The largest absolute Gasteiger partial charge is 0.459 e. The van der Waals surface area contributed by atoms with E-state index in [4.69, 9.17) is 8.84 Å². The molecule has 0 radical (unpaired) electrons. The van der Waals surface area contributed by atoms with Crippen molar-refractivity contribution < 1.29 is 13.9 Å². The predicted octanol–water partition coefficient (Wildman–Crippen LogP) is 6.15. The van der Waals surface area contributed by atoms with Crippen molar-refractivity contribution in [3.8, 4) is 0 Å². The van der Waals surface area contributed by atoms with Gasteiger partial charge in [-0.2, -0.15) is 0 Å². The Morgan fingerprint density at radius 2 is 1.79 bits per heavy atom. The molecule has 0 unspecified atom stereocenters. The summed E-state index contributed by atoms with van der Waals surface area (Å²) in [7, 11) is -1.74. The molecule has 0 spiro atoms. The minimum atomic E-state index is -1.74. The van der Waals surface area contributed by atoms with Gasteiger partial charge in [0.25, 0.3) is 0 Å². The highest BCUT2D eigenvalue weighted by molar-refractivity contribution is 6.74. The van der Waals surface area contributed by atoms with Crippen LogP contribution in [0.25, 0.3) is 6.08 Å². The average molecular weight is 353 g/mol. The Kier molecular flexibility index (Phi) is 7.51. The molecule has 4 heteroatoms. The maximum atomic E-state index is 10.3. The summed E-state index contributed by atoms with van der Waals surface area (Å²) in [4.78, 5) is 0. The van der Waals surface area contributed by atoms with Gasteiger partial charge >= 0.3 is 0 Å². The summed E-state index contributed by atoms with van der Waals surface area (Å²) in [6.07, 6.45) is 7.31. The molecule has 0 saturated heterocycles. The van der Waals surface area contributed by atoms with E-state index in [0.29, 0.717) is 6.61 Å². The Morgan fingerprint density at radius 1 is 1.17 bits per heavy atom. The molecule has 24 heavy (non-hydrogen) atoms. The van der Waals surface area contributed by atoms with Crippen molar-refractivity contribution in [1.29, 1.82) is 0 Å². The molecule has 0 aliphatic heterocycles. The van der Waals surface area contributed by atoms with Crippen molar-refractivity contribution in [2.45, 2.75) is 90.6 Å². The standard InChI is InChI=1S/C20H36O3Si/c1-8-20(21,9-2)15-11-10-12-17-13-14-18(23-17)16-22-24(6,7)19(3,4)5/h10,12-14,21H,8-9,11,15-16H2,1-7H3/b12-10-. The lowest BCUT2D eigenvalue weighted by molar-refractivity contribution is 0.0246. The van der Waals surface area contributed by atoms with E-state index in [1.54, 1.807) is 0 Å². The summed E-state index contributed by atoms with van der Waals surface area (Å²) < 4.78 is 12.0. The van der Waals surface area contributed by atoms with Crippen LogP contribution in [0, 0.1) is 0 Å². The van der Waals surface area contributed by atoms with Gasteiger partial charge in [-0.1, -0.05) is 40.7 Å². The lowest BCUT2D eigenvalue weighted by Gasteiger charge is -2.35. The maximum Gasteiger partial charge on any atom is 0.192 e. The van der Waals surface area contributed by atoms with Gasteiger partial charge in [-0.15, -0.1) is 0 Å². The van der Waals surface area contributed by atoms with Crippen LogP contribution >= 0.6 is 0 Å². The Bertz CT molecular complexity index is 519. The normalized spacial score (nSPS) is 13.8. The minimum Gasteiger partial charge on any atom is -0.459 e. The van der Waals surface area contributed by atoms with Crippen LogP contribution in [-0.4, -0.2) is 19.0 Å². The summed E-state index contributed by atoms with van der Waals surface area (Å²) in [6, 6.07) is 3.97. The third-order valence-corrected chi connectivity index (χ3v) is 9.92. The van der Waals surface area contributed by atoms with Crippen LogP contribution < -0.4 is 0 Å². The third-order valence-electron chi connectivity index (χ3n) is 5.44. The number of allylic oxidation sites excluding steroid dienone is 1. The summed E-state index contributed by atoms with van der Waals surface area (Å²) in [5.41, 5.74) is -0.532. The van der Waals surface area contributed by atoms with Crippen LogP contribution in [0.3, 0.4) is 0 Å². The predicted molar refractivity (Wildman–Crippen MR) is 104 cm³/mol. The van der Waals surface area contributed by atoms with Crippen molar-refractivity contribution >= 4 is 14.4 Å². The van der Waals surface area contributed by atoms with Gasteiger partial charge in [-0.3, -0.25) is 0 Å². The highest BCUT2D eigenvalue weighted by Crippen LogP contribution is 2.37. The second-order valence-corrected chi connectivity index (χ2v) is 13.0. The van der Waals surface area contributed by atoms with Gasteiger partial charge in [0, 0.05) is 0 Å². The van der Waals surface area contributed by atoms with Gasteiger partial charge in [0.2, 0.25) is 0 Å². The van der Waals surface area contributed by atoms with Gasteiger partial charge in [0.1, 0.15) is 11.5 Å². The maximum absolute atomic E-state index is 10.3. The van der Waals surface area contributed by atoms with Crippen molar-refractivity contribution in [3.63, 3.8) is 0 Å². The van der Waals surface area contributed by atoms with E-state index in [1.165, 1.54) is 0 Å². The van der Waals surface area contributed by atoms with E-state index >= 15 is 0 Å². The van der Waals surface area contributed by atoms with Gasteiger partial charge in [-0.05, 0) is 62.0 Å². The molecule has 1 aromatic rings. The Morgan fingerprint density at radius 3 is 2.33 bits per heavy atom. The number of rotatable bonds is 9. The summed E-state index contributed by atoms with van der Waals surface area (Å²) in [5, 5.41) is 10.5. The van der Waals surface area contributed by atoms with Gasteiger partial charge in [0.05, 0.1) is 12.2 Å². The topological polar surface area (TPSA) is 42.6 Å². The molecular formula is C20H36O3Si. The lowest BCUT2D eigenvalue weighted by Crippen LogP contribution is -2.40. The van der Waals surface area contributed by atoms with Crippen molar-refractivity contribution in [3.05, 3.63) is 29.7 Å². The summed E-state index contributed by atoms with van der Waals surface area (Å²) >= 11 is 0. The highest BCUT2D eigenvalue weighted by Gasteiger charge is 2.37. The molecule has 0 bridgehead atoms. The Balaban J connectivity index is 2.51. The molecule has 0 amide bonds. The number of aliphatic hydroxyl groups is 1. The molecule has 138 valence electrons. The molecule has 3 nitrogen and oxygen atoms in total. The Labute approximate surface area is 149 Å². The molecule has 0 saturated carbocycles. The zero-order valence-electron chi connectivity index (χ0n) is 16.6. The van der Waals surface area contributed by atoms with Crippen LogP contribution in [0.1, 0.15) is 71.8 Å². The second-order valence-electron chi connectivity index (χ2n) is 8.23. The van der Waals surface area contributed by atoms with Crippen LogP contribution in [0.2, 0.25) is 18.1 Å². The fourth-order valence-electron chi connectivity index (χ4n) is 2.18. The van der Waals surface area contributed by atoms with Crippen molar-refractivity contribution in [1.82, 2.24) is 0 Å². The molecule has 0 atom stereocenters. The number of furan rings is 1. The molecule has 0 aromatic carbocycles. The van der Waals surface area contributed by atoms with Gasteiger partial charge in [0.15, 0.2) is 8.32 Å². The Hall–Kier alpha value is -0.843. The van der Waals surface area contributed by atoms with E-state index in [1.807, 2.05) is 32.1 Å². The van der Waals surface area contributed by atoms with Gasteiger partial charge in [-0.25, -0.2) is 0 Å². The first kappa shape index (κ1) is 21.2. The minimum absolute atomic E-state index is 0.206. The fraction of sp³-hybridized carbons (Fsp3) is 0.700. The molecule has 0 aliphatic carbocycles. The first-order valence-electron chi connectivity index (χ1n) is 9.14. The summed E-state index contributed by atoms with van der Waals surface area (Å²) in [5.74, 6) is 1.72. The number of hydrogen-bond donors (Lipinski definition) is 1. The molecule has 0 fully saturated rings. The third kappa shape index (κ3) is 6.23. The number of hydrogen-bond acceptors (Lipinski definition) is 3. The van der Waals surface area contributed by atoms with E-state index < -0.39 is 13.9 Å². The smallest absolute Gasteiger partial charge is 0.192 e. The average Bonchev–Trinajstić information content (AvgIpc) is 2.96. The summed E-state index contributed by atoms with van der Waals surface area (Å²) in [6.45, 7) is 15.8. The molecule has 1 heterocycles. The first-order valence-corrected chi connectivity index (χ1v) is 12.1. The van der Waals surface area contributed by atoms with E-state index in [2.05, 4.69) is 39.9 Å². The quantitative estimate of drug-likeness (QED) is 0.542. The van der Waals surface area contributed by atoms with Crippen molar-refractivity contribution in [2.75, 3.05) is 0 Å². The zero-order valence-corrected chi connectivity index (χ0v) is 17.6. The second kappa shape index (κ2) is 8.50. The monoisotopic (exact) mass is 352 g/mol. The highest BCUT2D eigenvalue weighted by atomic mass is 28.4. The van der Waals surface area contributed by atoms with Crippen LogP contribution in [0.15, 0.2) is 22.6 Å². The molecule has 1 rings (SSSR count). The van der Waals surface area contributed by atoms with Crippen LogP contribution in [0.4, 0.5) is 0 Å². The van der Waals surface area contributed by atoms with Crippen LogP contribution in [0.5, 0.6) is 0 Å². The molecule has 1 aromatic heterocycles. The molecule has 1 N–H and O–H groups in total. The van der Waals surface area contributed by atoms with Crippen molar-refractivity contribution in [2.24, 2.45) is 0 Å². The molecule has 0 aliphatic rings. The van der Waals surface area contributed by atoms with E-state index in [9.17, 15) is 5.11 Å². The lowest BCUT2D eigenvalue weighted by atomic mass is 9.92. The van der Waals surface area contributed by atoms with E-state index in [0.717, 1.165) is 37.2 Å². The SMILES string of the molecule is CCC(O)(CC)CC/C=C\c1ccc(CO[Si](C)(C)C(C)(C)C)o1. The van der Waals surface area contributed by atoms with Crippen LogP contribution in [-0.2, 0) is 11.0 Å². The fourth-order valence-corrected chi connectivity index (χ4v) is 3.12. The van der Waals surface area contributed by atoms with E-state index in [-0.39, 0.29) is 5.04 Å². The molecular weight excluding hydrogens is 316 g/mol. The zero-order chi connectivity index (χ0) is 18.4.